The van der Waals surface area contributed by atoms with Crippen LogP contribution in [0.3, 0.4) is 0 Å². The minimum atomic E-state index is -0.624. The number of carbonyl (C=O) groups excluding carboxylic acids is 2. The van der Waals surface area contributed by atoms with Gasteiger partial charge in [0.1, 0.15) is 11.8 Å². The van der Waals surface area contributed by atoms with E-state index in [0.717, 1.165) is 28.9 Å². The van der Waals surface area contributed by atoms with Gasteiger partial charge < -0.3 is 15.0 Å². The van der Waals surface area contributed by atoms with Gasteiger partial charge in [-0.3, -0.25) is 9.59 Å². The van der Waals surface area contributed by atoms with Gasteiger partial charge in [0.15, 0.2) is 0 Å². The highest BCUT2D eigenvalue weighted by Gasteiger charge is 2.30. The molecule has 0 spiro atoms. The molecule has 0 aliphatic heterocycles. The van der Waals surface area contributed by atoms with Crippen LogP contribution in [0.5, 0.6) is 5.75 Å². The maximum atomic E-state index is 13.7. The van der Waals surface area contributed by atoms with Gasteiger partial charge in [-0.05, 0) is 48.6 Å². The Labute approximate surface area is 209 Å². The van der Waals surface area contributed by atoms with Crippen molar-refractivity contribution in [1.29, 1.82) is 0 Å². The molecule has 2 atom stereocenters. The Hall–Kier alpha value is -3.60. The number of benzene rings is 3. The molecule has 1 N–H and O–H groups in total. The average molecular weight is 473 g/mol. The summed E-state index contributed by atoms with van der Waals surface area (Å²) in [6.45, 7) is 4.35. The second kappa shape index (κ2) is 13.3. The standard InChI is InChI=1S/C30H36N2O3/c1-4-23(2)31-30(34)28(21-25-14-9-6-10-15-25)32(22-26-16-11-17-27(20-26)35-3)29(33)19-18-24-12-7-5-8-13-24/h5-17,20,23,28H,4,18-19,21-22H2,1-3H3,(H,31,34)/t23-,28+/m1/s1. The van der Waals surface area contributed by atoms with Gasteiger partial charge in [0.25, 0.3) is 0 Å². The molecule has 35 heavy (non-hydrogen) atoms. The van der Waals surface area contributed by atoms with Gasteiger partial charge in [-0.15, -0.1) is 0 Å². The first-order valence-electron chi connectivity index (χ1n) is 12.3. The van der Waals surface area contributed by atoms with E-state index in [1.54, 1.807) is 12.0 Å². The first-order valence-corrected chi connectivity index (χ1v) is 12.3. The Morgan fingerprint density at radius 2 is 1.51 bits per heavy atom. The van der Waals surface area contributed by atoms with E-state index in [1.165, 1.54) is 0 Å². The maximum absolute atomic E-state index is 13.7. The van der Waals surface area contributed by atoms with Gasteiger partial charge in [0.05, 0.1) is 7.11 Å². The van der Waals surface area contributed by atoms with Gasteiger partial charge in [0.2, 0.25) is 11.8 Å². The lowest BCUT2D eigenvalue weighted by atomic mass is 10.0. The molecule has 5 nitrogen and oxygen atoms in total. The summed E-state index contributed by atoms with van der Waals surface area (Å²) in [6, 6.07) is 26.9. The molecule has 3 rings (SSSR count). The monoisotopic (exact) mass is 472 g/mol. The fourth-order valence-electron chi connectivity index (χ4n) is 4.00. The highest BCUT2D eigenvalue weighted by Crippen LogP contribution is 2.20. The Morgan fingerprint density at radius 3 is 2.14 bits per heavy atom. The van der Waals surface area contributed by atoms with Crippen LogP contribution in [0.25, 0.3) is 0 Å². The molecule has 5 heteroatoms. The lowest BCUT2D eigenvalue weighted by Gasteiger charge is -2.32. The molecule has 0 bridgehead atoms. The third-order valence-corrected chi connectivity index (χ3v) is 6.23. The molecule has 0 heterocycles. The van der Waals surface area contributed by atoms with Crippen LogP contribution in [0.2, 0.25) is 0 Å². The number of aryl methyl sites for hydroxylation is 1. The van der Waals surface area contributed by atoms with Crippen LogP contribution in [0.4, 0.5) is 0 Å². The lowest BCUT2D eigenvalue weighted by Crippen LogP contribution is -2.52. The van der Waals surface area contributed by atoms with Crippen molar-refractivity contribution in [3.8, 4) is 5.75 Å². The molecule has 0 fully saturated rings. The van der Waals surface area contributed by atoms with Crippen LogP contribution in [0.15, 0.2) is 84.9 Å². The van der Waals surface area contributed by atoms with Crippen LogP contribution >= 0.6 is 0 Å². The van der Waals surface area contributed by atoms with Gasteiger partial charge in [-0.1, -0.05) is 79.7 Å². The van der Waals surface area contributed by atoms with E-state index < -0.39 is 6.04 Å². The van der Waals surface area contributed by atoms with Crippen molar-refractivity contribution >= 4 is 11.8 Å². The summed E-state index contributed by atoms with van der Waals surface area (Å²) < 4.78 is 5.39. The quantitative estimate of drug-likeness (QED) is 0.395. The summed E-state index contributed by atoms with van der Waals surface area (Å²) in [5.74, 6) is 0.555. The summed E-state index contributed by atoms with van der Waals surface area (Å²) in [5.41, 5.74) is 3.04. The minimum absolute atomic E-state index is 0.0267. The van der Waals surface area contributed by atoms with Gasteiger partial charge in [0, 0.05) is 25.4 Å². The fraction of sp³-hybridized carbons (Fsp3) is 0.333. The zero-order chi connectivity index (χ0) is 25.0. The molecule has 0 aliphatic carbocycles. The number of methoxy groups -OCH3 is 1. The first-order chi connectivity index (χ1) is 17.0. The number of rotatable bonds is 12. The predicted octanol–water partition coefficient (Wildman–Crippen LogP) is 5.18. The Kier molecular flexibility index (Phi) is 9.91. The molecule has 184 valence electrons. The van der Waals surface area contributed by atoms with Crippen molar-refractivity contribution in [3.63, 3.8) is 0 Å². The number of hydrogen-bond acceptors (Lipinski definition) is 3. The second-order valence-corrected chi connectivity index (χ2v) is 8.88. The summed E-state index contributed by atoms with van der Waals surface area (Å²) >= 11 is 0. The number of nitrogens with zero attached hydrogens (tertiary/aromatic N) is 1. The van der Waals surface area contributed by atoms with Crippen LogP contribution in [0, 0.1) is 0 Å². The Balaban J connectivity index is 1.92. The predicted molar refractivity (Wildman–Crippen MR) is 140 cm³/mol. The SMILES string of the molecule is CC[C@@H](C)NC(=O)[C@H](Cc1ccccc1)N(Cc1cccc(OC)c1)C(=O)CCc1ccccc1. The van der Waals surface area contributed by atoms with E-state index in [2.05, 4.69) is 5.32 Å². The molecular weight excluding hydrogens is 436 g/mol. The molecule has 0 saturated heterocycles. The summed E-state index contributed by atoms with van der Waals surface area (Å²) in [6.07, 6.45) is 2.22. The van der Waals surface area contributed by atoms with E-state index in [9.17, 15) is 9.59 Å². The fourth-order valence-corrected chi connectivity index (χ4v) is 4.00. The largest absolute Gasteiger partial charge is 0.497 e. The van der Waals surface area contributed by atoms with Crippen molar-refractivity contribution in [2.24, 2.45) is 0 Å². The van der Waals surface area contributed by atoms with Crippen LogP contribution in [-0.4, -0.2) is 35.9 Å². The van der Waals surface area contributed by atoms with Crippen molar-refractivity contribution in [1.82, 2.24) is 10.2 Å². The average Bonchev–Trinajstić information content (AvgIpc) is 2.90. The first kappa shape index (κ1) is 26.0. The molecule has 0 aliphatic rings. The van der Waals surface area contributed by atoms with Crippen LogP contribution < -0.4 is 10.1 Å². The van der Waals surface area contributed by atoms with Gasteiger partial charge in [-0.2, -0.15) is 0 Å². The summed E-state index contributed by atoms with van der Waals surface area (Å²) in [4.78, 5) is 28.9. The Bertz CT molecular complexity index is 1070. The molecule has 0 saturated carbocycles. The highest BCUT2D eigenvalue weighted by atomic mass is 16.5. The topological polar surface area (TPSA) is 58.6 Å². The van der Waals surface area contributed by atoms with Gasteiger partial charge >= 0.3 is 0 Å². The van der Waals surface area contributed by atoms with E-state index >= 15 is 0 Å². The normalized spacial score (nSPS) is 12.4. The number of nitrogens with one attached hydrogen (secondary N) is 1. The third-order valence-electron chi connectivity index (χ3n) is 6.23. The van der Waals surface area contributed by atoms with Crippen LogP contribution in [0.1, 0.15) is 43.4 Å². The smallest absolute Gasteiger partial charge is 0.243 e. The molecule has 3 aromatic carbocycles. The zero-order valence-electron chi connectivity index (χ0n) is 20.9. The van der Waals surface area contributed by atoms with Crippen molar-refractivity contribution in [2.75, 3.05) is 7.11 Å². The molecule has 0 radical (unpaired) electrons. The summed E-state index contributed by atoms with van der Waals surface area (Å²) in [5, 5.41) is 3.11. The number of amides is 2. The Morgan fingerprint density at radius 1 is 0.886 bits per heavy atom. The van der Waals surface area contributed by atoms with Crippen molar-refractivity contribution < 1.29 is 14.3 Å². The number of carbonyl (C=O) groups is 2. The number of ether oxygens (including phenoxy) is 1. The molecule has 3 aromatic rings. The maximum Gasteiger partial charge on any atom is 0.243 e. The highest BCUT2D eigenvalue weighted by molar-refractivity contribution is 5.88. The number of hydrogen-bond donors (Lipinski definition) is 1. The van der Waals surface area contributed by atoms with E-state index in [-0.39, 0.29) is 17.9 Å². The molecular formula is C30H36N2O3. The molecule has 2 amide bonds. The summed E-state index contributed by atoms with van der Waals surface area (Å²) in [7, 11) is 1.62. The molecule has 0 unspecified atom stereocenters. The van der Waals surface area contributed by atoms with E-state index in [1.807, 2.05) is 98.8 Å². The van der Waals surface area contributed by atoms with Crippen LogP contribution in [-0.2, 0) is 29.0 Å². The third kappa shape index (κ3) is 7.99. The minimum Gasteiger partial charge on any atom is -0.497 e. The molecule has 0 aromatic heterocycles. The van der Waals surface area contributed by atoms with Crippen molar-refractivity contribution in [2.45, 2.75) is 58.2 Å². The van der Waals surface area contributed by atoms with Crippen molar-refractivity contribution in [3.05, 3.63) is 102 Å². The second-order valence-electron chi connectivity index (χ2n) is 8.88. The van der Waals surface area contributed by atoms with E-state index in [0.29, 0.717) is 25.8 Å². The zero-order valence-corrected chi connectivity index (χ0v) is 20.9. The lowest BCUT2D eigenvalue weighted by molar-refractivity contribution is -0.141. The van der Waals surface area contributed by atoms with E-state index in [4.69, 9.17) is 4.74 Å². The van der Waals surface area contributed by atoms with Gasteiger partial charge in [-0.25, -0.2) is 0 Å².